The number of methoxy groups -OCH3 is 1. The molecule has 1 aromatic carbocycles. The van der Waals surface area contributed by atoms with Gasteiger partial charge < -0.3 is 14.7 Å². The fourth-order valence-electron chi connectivity index (χ4n) is 1.42. The summed E-state index contributed by atoms with van der Waals surface area (Å²) in [5.41, 5.74) is 1.28. The molecule has 0 fully saturated rings. The van der Waals surface area contributed by atoms with E-state index < -0.39 is 12.1 Å². The monoisotopic (exact) mass is 287 g/mol. The molecule has 0 aromatic heterocycles. The van der Waals surface area contributed by atoms with Gasteiger partial charge in [0.05, 0.1) is 7.11 Å². The van der Waals surface area contributed by atoms with Gasteiger partial charge in [0, 0.05) is 29.8 Å². The number of benzene rings is 1. The van der Waals surface area contributed by atoms with E-state index in [1.165, 1.54) is 7.11 Å². The zero-order valence-electron chi connectivity index (χ0n) is 9.40. The Morgan fingerprint density at radius 3 is 2.62 bits per heavy atom. The summed E-state index contributed by atoms with van der Waals surface area (Å²) in [6, 6.07) is 5.44. The number of halogens is 1. The fourth-order valence-corrected chi connectivity index (χ4v) is 1.99. The number of anilines is 1. The van der Waals surface area contributed by atoms with Crippen LogP contribution in [0.4, 0.5) is 5.69 Å². The molecule has 0 spiro atoms. The van der Waals surface area contributed by atoms with E-state index in [0.717, 1.165) is 5.69 Å². The number of aliphatic hydroxyl groups is 1. The molecule has 16 heavy (non-hydrogen) atoms. The van der Waals surface area contributed by atoms with Gasteiger partial charge in [-0.3, -0.25) is 0 Å². The maximum Gasteiger partial charge on any atom is 0.339 e. The summed E-state index contributed by atoms with van der Waals surface area (Å²) >= 11 is 3.32. The van der Waals surface area contributed by atoms with Crippen LogP contribution in [0.2, 0.25) is 0 Å². The van der Waals surface area contributed by atoms with Crippen LogP contribution >= 0.6 is 15.9 Å². The second-order valence-corrected chi connectivity index (χ2v) is 4.35. The van der Waals surface area contributed by atoms with Gasteiger partial charge in [0.2, 0.25) is 0 Å². The van der Waals surface area contributed by atoms with Crippen molar-refractivity contribution in [3.8, 4) is 0 Å². The molecular formula is C11H14BrNO3. The van der Waals surface area contributed by atoms with Crippen molar-refractivity contribution in [3.63, 3.8) is 0 Å². The molecule has 0 aliphatic carbocycles. The largest absolute Gasteiger partial charge is 0.467 e. The first-order chi connectivity index (χ1) is 7.49. The highest BCUT2D eigenvalue weighted by molar-refractivity contribution is 9.10. The Hall–Kier alpha value is -1.07. The van der Waals surface area contributed by atoms with E-state index in [9.17, 15) is 9.90 Å². The van der Waals surface area contributed by atoms with E-state index in [4.69, 9.17) is 0 Å². The van der Waals surface area contributed by atoms with Crippen LogP contribution in [-0.2, 0) is 9.53 Å². The number of nitrogens with zero attached hydrogens (tertiary/aromatic N) is 1. The van der Waals surface area contributed by atoms with Gasteiger partial charge in [-0.1, -0.05) is 22.0 Å². The first kappa shape index (κ1) is 13.0. The lowest BCUT2D eigenvalue weighted by molar-refractivity contribution is -0.150. The first-order valence-corrected chi connectivity index (χ1v) is 5.50. The number of hydrogen-bond donors (Lipinski definition) is 1. The smallest absolute Gasteiger partial charge is 0.339 e. The van der Waals surface area contributed by atoms with Gasteiger partial charge in [0.1, 0.15) is 0 Å². The third kappa shape index (κ3) is 2.54. The highest BCUT2D eigenvalue weighted by Crippen LogP contribution is 2.32. The Kier molecular flexibility index (Phi) is 4.32. The number of carbonyl (C=O) groups is 1. The highest BCUT2D eigenvalue weighted by Gasteiger charge is 2.24. The van der Waals surface area contributed by atoms with Crippen molar-refractivity contribution < 1.29 is 14.6 Å². The maximum absolute atomic E-state index is 11.3. The van der Waals surface area contributed by atoms with Gasteiger partial charge in [0.25, 0.3) is 0 Å². The van der Waals surface area contributed by atoms with Crippen molar-refractivity contribution >= 4 is 27.6 Å². The zero-order chi connectivity index (χ0) is 12.3. The van der Waals surface area contributed by atoms with E-state index in [0.29, 0.717) is 10.0 Å². The number of hydrogen-bond acceptors (Lipinski definition) is 4. The topological polar surface area (TPSA) is 49.8 Å². The molecule has 0 aliphatic rings. The van der Waals surface area contributed by atoms with Crippen LogP contribution in [-0.4, -0.2) is 32.3 Å². The number of esters is 1. The van der Waals surface area contributed by atoms with Crippen LogP contribution in [0, 0.1) is 0 Å². The second-order valence-electron chi connectivity index (χ2n) is 3.49. The summed E-state index contributed by atoms with van der Waals surface area (Å²) in [4.78, 5) is 13.2. The van der Waals surface area contributed by atoms with Crippen LogP contribution in [0.3, 0.4) is 0 Å². The molecule has 0 heterocycles. The van der Waals surface area contributed by atoms with E-state index in [1.807, 2.05) is 31.1 Å². The highest BCUT2D eigenvalue weighted by atomic mass is 79.9. The first-order valence-electron chi connectivity index (χ1n) is 4.70. The number of rotatable bonds is 3. The second kappa shape index (κ2) is 5.32. The standard InChI is InChI=1S/C11H14BrNO3/c1-13(2)8-6-4-5-7(12)9(8)10(14)11(15)16-3/h4-6,10,14H,1-3H3. The Morgan fingerprint density at radius 2 is 2.12 bits per heavy atom. The van der Waals surface area contributed by atoms with Crippen molar-refractivity contribution in [2.75, 3.05) is 26.1 Å². The van der Waals surface area contributed by atoms with Gasteiger partial charge in [-0.15, -0.1) is 0 Å². The van der Waals surface area contributed by atoms with Crippen molar-refractivity contribution in [2.24, 2.45) is 0 Å². The predicted octanol–water partition coefficient (Wildman–Crippen LogP) is 1.72. The van der Waals surface area contributed by atoms with Crippen LogP contribution in [0.15, 0.2) is 22.7 Å². The number of carbonyl (C=O) groups excluding carboxylic acids is 1. The van der Waals surface area contributed by atoms with Gasteiger partial charge in [-0.05, 0) is 12.1 Å². The lowest BCUT2D eigenvalue weighted by Gasteiger charge is -2.20. The van der Waals surface area contributed by atoms with Crippen LogP contribution in [0.1, 0.15) is 11.7 Å². The third-order valence-corrected chi connectivity index (χ3v) is 2.90. The van der Waals surface area contributed by atoms with E-state index in [1.54, 1.807) is 6.07 Å². The molecule has 1 atom stereocenters. The third-order valence-electron chi connectivity index (χ3n) is 2.21. The van der Waals surface area contributed by atoms with Gasteiger partial charge in [-0.2, -0.15) is 0 Å². The summed E-state index contributed by atoms with van der Waals surface area (Å²) in [6.07, 6.45) is -1.28. The molecule has 0 saturated carbocycles. The fraction of sp³-hybridized carbons (Fsp3) is 0.364. The summed E-state index contributed by atoms with van der Waals surface area (Å²) < 4.78 is 5.21. The van der Waals surface area contributed by atoms with Gasteiger partial charge in [0.15, 0.2) is 6.10 Å². The molecule has 0 saturated heterocycles. The quantitative estimate of drug-likeness (QED) is 0.860. The molecular weight excluding hydrogens is 274 g/mol. The average molecular weight is 288 g/mol. The lowest BCUT2D eigenvalue weighted by Crippen LogP contribution is -2.19. The summed E-state index contributed by atoms with van der Waals surface area (Å²) in [5, 5.41) is 9.87. The van der Waals surface area contributed by atoms with Crippen LogP contribution in [0.5, 0.6) is 0 Å². The Labute approximate surface area is 103 Å². The molecule has 0 aliphatic heterocycles. The molecule has 0 bridgehead atoms. The van der Waals surface area contributed by atoms with E-state index >= 15 is 0 Å². The summed E-state index contributed by atoms with van der Waals surface area (Å²) in [5.74, 6) is -0.671. The van der Waals surface area contributed by atoms with E-state index in [2.05, 4.69) is 20.7 Å². The summed E-state index contributed by atoms with van der Waals surface area (Å²) in [6.45, 7) is 0. The van der Waals surface area contributed by atoms with Crippen molar-refractivity contribution in [2.45, 2.75) is 6.10 Å². The minimum atomic E-state index is -1.28. The van der Waals surface area contributed by atoms with Crippen molar-refractivity contribution in [3.05, 3.63) is 28.2 Å². The molecule has 1 aromatic rings. The SMILES string of the molecule is COC(=O)C(O)c1c(Br)cccc1N(C)C. The van der Waals surface area contributed by atoms with Crippen LogP contribution < -0.4 is 4.90 Å². The predicted molar refractivity (Wildman–Crippen MR) is 65.4 cm³/mol. The van der Waals surface area contributed by atoms with Crippen molar-refractivity contribution in [1.29, 1.82) is 0 Å². The Morgan fingerprint density at radius 1 is 1.50 bits per heavy atom. The molecule has 0 amide bonds. The Balaban J connectivity index is 3.24. The summed E-state index contributed by atoms with van der Waals surface area (Å²) in [7, 11) is 4.93. The van der Waals surface area contributed by atoms with Crippen LogP contribution in [0.25, 0.3) is 0 Å². The van der Waals surface area contributed by atoms with Crippen molar-refractivity contribution in [1.82, 2.24) is 0 Å². The molecule has 1 N–H and O–H groups in total. The lowest BCUT2D eigenvalue weighted by atomic mass is 10.1. The minimum absolute atomic E-state index is 0.513. The zero-order valence-corrected chi connectivity index (χ0v) is 11.0. The minimum Gasteiger partial charge on any atom is -0.467 e. The van der Waals surface area contributed by atoms with E-state index in [-0.39, 0.29) is 0 Å². The number of aliphatic hydroxyl groups excluding tert-OH is 1. The van der Waals surface area contributed by atoms with Gasteiger partial charge in [-0.25, -0.2) is 4.79 Å². The molecule has 4 nitrogen and oxygen atoms in total. The normalized spacial score (nSPS) is 12.1. The molecule has 1 rings (SSSR count). The average Bonchev–Trinajstić information content (AvgIpc) is 2.26. The molecule has 88 valence electrons. The molecule has 1 unspecified atom stereocenters. The molecule has 0 radical (unpaired) electrons. The maximum atomic E-state index is 11.3. The van der Waals surface area contributed by atoms with Gasteiger partial charge >= 0.3 is 5.97 Å². The molecule has 5 heteroatoms. The number of ether oxygens (including phenoxy) is 1. The Bertz CT molecular complexity index is 393.